The first-order valence-corrected chi connectivity index (χ1v) is 5.52. The molecular weight excluding hydrogens is 198 g/mol. The maximum absolute atomic E-state index is 5.59. The molecule has 0 atom stereocenters. The molecule has 0 aliphatic carbocycles. The van der Waals surface area contributed by atoms with Gasteiger partial charge in [-0.3, -0.25) is 0 Å². The van der Waals surface area contributed by atoms with Gasteiger partial charge in [0, 0.05) is 24.0 Å². The maximum Gasteiger partial charge on any atom is 0.114 e. The van der Waals surface area contributed by atoms with Gasteiger partial charge in [-0.05, 0) is 38.1 Å². The smallest absolute Gasteiger partial charge is 0.114 e. The zero-order valence-corrected chi connectivity index (χ0v) is 9.77. The number of nitrogens with zero attached hydrogens (tertiary/aromatic N) is 2. The minimum atomic E-state index is 0.627. The molecule has 0 radical (unpaired) electrons. The number of hydrogen-bond acceptors (Lipinski definition) is 2. The second-order valence-electron chi connectivity index (χ2n) is 4.03. The molecule has 0 aliphatic heterocycles. The molecule has 84 valence electrons. The Balaban J connectivity index is 2.50. The molecule has 0 aliphatic rings. The Morgan fingerprint density at radius 2 is 2.12 bits per heavy atom. The highest BCUT2D eigenvalue weighted by atomic mass is 15.1. The Hall–Kier alpha value is -1.61. The number of rotatable bonds is 3. The Kier molecular flexibility index (Phi) is 3.06. The Morgan fingerprint density at radius 1 is 1.31 bits per heavy atom. The fraction of sp³-hybridized carbons (Fsp3) is 0.308. The van der Waals surface area contributed by atoms with Crippen molar-refractivity contribution in [2.75, 3.05) is 6.54 Å². The van der Waals surface area contributed by atoms with Crippen LogP contribution in [0, 0.1) is 13.8 Å². The number of aryl methyl sites for hydroxylation is 2. The van der Waals surface area contributed by atoms with Gasteiger partial charge in [-0.1, -0.05) is 12.1 Å². The van der Waals surface area contributed by atoms with Gasteiger partial charge in [0.2, 0.25) is 0 Å². The van der Waals surface area contributed by atoms with Gasteiger partial charge in [0.15, 0.2) is 0 Å². The van der Waals surface area contributed by atoms with Gasteiger partial charge >= 0.3 is 0 Å². The fourth-order valence-corrected chi connectivity index (χ4v) is 1.91. The van der Waals surface area contributed by atoms with Crippen molar-refractivity contribution >= 4 is 0 Å². The molecule has 1 aromatic heterocycles. The van der Waals surface area contributed by atoms with E-state index < -0.39 is 0 Å². The predicted octanol–water partition coefficient (Wildman–Crippen LogP) is 1.99. The second kappa shape index (κ2) is 4.49. The van der Waals surface area contributed by atoms with Gasteiger partial charge in [0.1, 0.15) is 5.82 Å². The Bertz CT molecular complexity index is 486. The highest BCUT2D eigenvalue weighted by Crippen LogP contribution is 2.15. The van der Waals surface area contributed by atoms with E-state index in [-0.39, 0.29) is 0 Å². The molecule has 3 heteroatoms. The molecule has 3 nitrogen and oxygen atoms in total. The maximum atomic E-state index is 5.59. The molecule has 0 saturated carbocycles. The third-order valence-electron chi connectivity index (χ3n) is 2.64. The molecule has 2 N–H and O–H groups in total. The van der Waals surface area contributed by atoms with Crippen molar-refractivity contribution in [2.45, 2.75) is 20.3 Å². The summed E-state index contributed by atoms with van der Waals surface area (Å²) in [6, 6.07) is 8.42. The molecule has 0 fully saturated rings. The fourth-order valence-electron chi connectivity index (χ4n) is 1.91. The summed E-state index contributed by atoms with van der Waals surface area (Å²) in [5.41, 5.74) is 9.16. The lowest BCUT2D eigenvalue weighted by Gasteiger charge is -2.10. The van der Waals surface area contributed by atoms with Gasteiger partial charge in [0.05, 0.1) is 0 Å². The van der Waals surface area contributed by atoms with E-state index in [9.17, 15) is 0 Å². The van der Waals surface area contributed by atoms with E-state index in [0.717, 1.165) is 17.9 Å². The van der Waals surface area contributed by atoms with Crippen molar-refractivity contribution < 1.29 is 0 Å². The van der Waals surface area contributed by atoms with Crippen LogP contribution in [-0.2, 0) is 6.42 Å². The summed E-state index contributed by atoms with van der Waals surface area (Å²) in [5.74, 6) is 1.03. The first kappa shape index (κ1) is 10.9. The Morgan fingerprint density at radius 3 is 2.81 bits per heavy atom. The molecule has 0 spiro atoms. The van der Waals surface area contributed by atoms with E-state index in [2.05, 4.69) is 47.7 Å². The van der Waals surface area contributed by atoms with Crippen molar-refractivity contribution in [3.8, 4) is 5.69 Å². The molecule has 1 heterocycles. The average Bonchev–Trinajstić information content (AvgIpc) is 2.60. The molecule has 1 aromatic carbocycles. The minimum absolute atomic E-state index is 0.627. The van der Waals surface area contributed by atoms with Gasteiger partial charge in [-0.25, -0.2) is 4.98 Å². The van der Waals surface area contributed by atoms with Crippen LogP contribution in [0.25, 0.3) is 5.69 Å². The first-order chi connectivity index (χ1) is 7.72. The number of aromatic nitrogens is 2. The van der Waals surface area contributed by atoms with Crippen LogP contribution in [0.5, 0.6) is 0 Å². The summed E-state index contributed by atoms with van der Waals surface area (Å²) in [6.45, 7) is 4.79. The molecule has 0 saturated heterocycles. The summed E-state index contributed by atoms with van der Waals surface area (Å²) in [4.78, 5) is 4.39. The minimum Gasteiger partial charge on any atom is -0.330 e. The SMILES string of the molecule is Cc1cccc(-n2c(C)cnc2CCN)c1. The van der Waals surface area contributed by atoms with Gasteiger partial charge in [-0.2, -0.15) is 0 Å². The van der Waals surface area contributed by atoms with Crippen LogP contribution in [0.3, 0.4) is 0 Å². The van der Waals surface area contributed by atoms with Crippen LogP contribution < -0.4 is 5.73 Å². The summed E-state index contributed by atoms with van der Waals surface area (Å²) >= 11 is 0. The van der Waals surface area contributed by atoms with E-state index >= 15 is 0 Å². The monoisotopic (exact) mass is 215 g/mol. The quantitative estimate of drug-likeness (QED) is 0.851. The molecular formula is C13H17N3. The van der Waals surface area contributed by atoms with Crippen molar-refractivity contribution in [2.24, 2.45) is 5.73 Å². The van der Waals surface area contributed by atoms with Crippen LogP contribution in [0.4, 0.5) is 0 Å². The first-order valence-electron chi connectivity index (χ1n) is 5.52. The summed E-state index contributed by atoms with van der Waals surface area (Å²) in [5, 5.41) is 0. The zero-order chi connectivity index (χ0) is 11.5. The lowest BCUT2D eigenvalue weighted by Crippen LogP contribution is -2.09. The number of nitrogens with two attached hydrogens (primary N) is 1. The highest BCUT2D eigenvalue weighted by molar-refractivity contribution is 5.38. The lowest BCUT2D eigenvalue weighted by molar-refractivity contribution is 0.825. The molecule has 0 bridgehead atoms. The van der Waals surface area contributed by atoms with Crippen LogP contribution in [-0.4, -0.2) is 16.1 Å². The normalized spacial score (nSPS) is 10.7. The molecule has 16 heavy (non-hydrogen) atoms. The van der Waals surface area contributed by atoms with E-state index in [1.807, 2.05) is 6.20 Å². The van der Waals surface area contributed by atoms with E-state index in [0.29, 0.717) is 6.54 Å². The molecule has 0 amide bonds. The third-order valence-corrected chi connectivity index (χ3v) is 2.64. The molecule has 0 unspecified atom stereocenters. The van der Waals surface area contributed by atoms with Crippen LogP contribution in [0.15, 0.2) is 30.5 Å². The van der Waals surface area contributed by atoms with Crippen molar-refractivity contribution in [1.29, 1.82) is 0 Å². The van der Waals surface area contributed by atoms with E-state index in [4.69, 9.17) is 5.73 Å². The topological polar surface area (TPSA) is 43.8 Å². The number of imidazole rings is 1. The zero-order valence-electron chi connectivity index (χ0n) is 9.77. The van der Waals surface area contributed by atoms with E-state index in [1.165, 1.54) is 11.3 Å². The highest BCUT2D eigenvalue weighted by Gasteiger charge is 2.07. The van der Waals surface area contributed by atoms with Crippen molar-refractivity contribution in [1.82, 2.24) is 9.55 Å². The predicted molar refractivity (Wildman–Crippen MR) is 65.8 cm³/mol. The van der Waals surface area contributed by atoms with Crippen LogP contribution in [0.2, 0.25) is 0 Å². The standard InChI is InChI=1S/C13H17N3/c1-10-4-3-5-12(8-10)16-11(2)9-15-13(16)6-7-14/h3-5,8-9H,6-7,14H2,1-2H3. The summed E-state index contributed by atoms with van der Waals surface area (Å²) in [6.07, 6.45) is 2.70. The largest absolute Gasteiger partial charge is 0.330 e. The second-order valence-corrected chi connectivity index (χ2v) is 4.03. The molecule has 2 rings (SSSR count). The average molecular weight is 215 g/mol. The van der Waals surface area contributed by atoms with E-state index in [1.54, 1.807) is 0 Å². The van der Waals surface area contributed by atoms with Crippen molar-refractivity contribution in [3.63, 3.8) is 0 Å². The molecule has 2 aromatic rings. The third kappa shape index (κ3) is 1.99. The Labute approximate surface area is 95.9 Å². The van der Waals surface area contributed by atoms with Gasteiger partial charge in [0.25, 0.3) is 0 Å². The lowest BCUT2D eigenvalue weighted by atomic mass is 10.2. The van der Waals surface area contributed by atoms with Crippen LogP contribution in [0.1, 0.15) is 17.1 Å². The van der Waals surface area contributed by atoms with Crippen molar-refractivity contribution in [3.05, 3.63) is 47.5 Å². The number of hydrogen-bond donors (Lipinski definition) is 1. The summed E-state index contributed by atoms with van der Waals surface area (Å²) in [7, 11) is 0. The number of benzene rings is 1. The van der Waals surface area contributed by atoms with Gasteiger partial charge in [-0.15, -0.1) is 0 Å². The van der Waals surface area contributed by atoms with Crippen LogP contribution >= 0.6 is 0 Å². The van der Waals surface area contributed by atoms with Gasteiger partial charge < -0.3 is 10.3 Å². The summed E-state index contributed by atoms with van der Waals surface area (Å²) < 4.78 is 2.17.